The molecule has 2 aromatic carbocycles. The van der Waals surface area contributed by atoms with E-state index in [4.69, 9.17) is 4.74 Å². The number of para-hydroxylation sites is 1. The lowest BCUT2D eigenvalue weighted by Crippen LogP contribution is -2.23. The molecule has 0 saturated carbocycles. The third-order valence-corrected chi connectivity index (χ3v) is 3.31. The van der Waals surface area contributed by atoms with Crippen LogP contribution in [-0.2, 0) is 0 Å². The predicted octanol–water partition coefficient (Wildman–Crippen LogP) is 2.54. The minimum absolute atomic E-state index is 0.135. The van der Waals surface area contributed by atoms with E-state index in [1.54, 1.807) is 19.2 Å². The molecule has 1 N–H and O–H groups in total. The summed E-state index contributed by atoms with van der Waals surface area (Å²) in [7, 11) is 5.53. The van der Waals surface area contributed by atoms with Gasteiger partial charge in [0, 0.05) is 25.3 Å². The minimum atomic E-state index is -0.135. The first-order chi connectivity index (χ1) is 11.1. The smallest absolute Gasteiger partial charge is 0.252 e. The van der Waals surface area contributed by atoms with Crippen LogP contribution in [0.15, 0.2) is 48.5 Å². The van der Waals surface area contributed by atoms with E-state index in [2.05, 4.69) is 17.2 Å². The molecule has 0 heterocycles. The average Bonchev–Trinajstić information content (AvgIpc) is 2.59. The zero-order valence-corrected chi connectivity index (χ0v) is 13.6. The van der Waals surface area contributed by atoms with Crippen LogP contribution >= 0.6 is 0 Å². The maximum absolute atomic E-state index is 12.0. The summed E-state index contributed by atoms with van der Waals surface area (Å²) >= 11 is 0. The Labute approximate surface area is 137 Å². The highest BCUT2D eigenvalue weighted by Crippen LogP contribution is 2.15. The van der Waals surface area contributed by atoms with Gasteiger partial charge in [-0.1, -0.05) is 24.0 Å². The van der Waals surface area contributed by atoms with E-state index >= 15 is 0 Å². The fraction of sp³-hybridized carbons (Fsp3) is 0.211. The lowest BCUT2D eigenvalue weighted by atomic mass is 10.2. The van der Waals surface area contributed by atoms with Crippen molar-refractivity contribution in [2.75, 3.05) is 32.6 Å². The van der Waals surface area contributed by atoms with Crippen molar-refractivity contribution in [1.29, 1.82) is 0 Å². The molecular formula is C19H20N2O2. The van der Waals surface area contributed by atoms with Gasteiger partial charge in [0.15, 0.2) is 0 Å². The van der Waals surface area contributed by atoms with E-state index in [1.165, 1.54) is 0 Å². The van der Waals surface area contributed by atoms with Crippen LogP contribution in [-0.4, -0.2) is 33.7 Å². The lowest BCUT2D eigenvalue weighted by molar-refractivity contribution is 0.0958. The number of nitrogens with one attached hydrogen (secondary N) is 1. The number of carbonyl (C=O) groups excluding carboxylic acids is 1. The molecule has 0 fully saturated rings. The number of anilines is 1. The second kappa shape index (κ2) is 7.90. The molecular weight excluding hydrogens is 288 g/mol. The average molecular weight is 308 g/mol. The monoisotopic (exact) mass is 308 g/mol. The summed E-state index contributed by atoms with van der Waals surface area (Å²) in [6, 6.07) is 15.0. The predicted molar refractivity (Wildman–Crippen MR) is 93.0 cm³/mol. The normalized spacial score (nSPS) is 9.52. The van der Waals surface area contributed by atoms with Gasteiger partial charge in [-0.05, 0) is 36.4 Å². The van der Waals surface area contributed by atoms with Crippen LogP contribution in [0.25, 0.3) is 0 Å². The van der Waals surface area contributed by atoms with Crippen molar-refractivity contribution in [3.63, 3.8) is 0 Å². The molecule has 0 radical (unpaired) electrons. The second-order valence-corrected chi connectivity index (χ2v) is 5.13. The summed E-state index contributed by atoms with van der Waals surface area (Å²) < 4.78 is 5.23. The Hall–Kier alpha value is -2.93. The van der Waals surface area contributed by atoms with Gasteiger partial charge in [-0.2, -0.15) is 0 Å². The molecule has 0 bridgehead atoms. The van der Waals surface area contributed by atoms with Gasteiger partial charge in [0.2, 0.25) is 0 Å². The van der Waals surface area contributed by atoms with E-state index in [9.17, 15) is 4.79 Å². The molecule has 0 spiro atoms. The standard InChI is InChI=1S/C19H20N2O2/c1-21(2)17-12-10-16(11-13-17)19(22)20-14-6-8-15-7-4-5-9-18(15)23-3/h4-5,7,9-13H,14H2,1-3H3,(H,20,22). The highest BCUT2D eigenvalue weighted by Gasteiger charge is 2.04. The number of hydrogen-bond donors (Lipinski definition) is 1. The summed E-state index contributed by atoms with van der Waals surface area (Å²) in [5.74, 6) is 6.53. The molecule has 0 aromatic heterocycles. The lowest BCUT2D eigenvalue weighted by Gasteiger charge is -2.12. The third kappa shape index (κ3) is 4.52. The third-order valence-electron chi connectivity index (χ3n) is 3.31. The van der Waals surface area contributed by atoms with Gasteiger partial charge in [0.05, 0.1) is 19.2 Å². The van der Waals surface area contributed by atoms with Crippen molar-refractivity contribution in [1.82, 2.24) is 5.32 Å². The van der Waals surface area contributed by atoms with Crippen LogP contribution in [0.2, 0.25) is 0 Å². The number of nitrogens with zero attached hydrogens (tertiary/aromatic N) is 1. The molecule has 4 heteroatoms. The number of hydrogen-bond acceptors (Lipinski definition) is 3. The van der Waals surface area contributed by atoms with Gasteiger partial charge < -0.3 is 15.0 Å². The maximum Gasteiger partial charge on any atom is 0.252 e. The fourth-order valence-electron chi connectivity index (χ4n) is 2.02. The Morgan fingerprint density at radius 3 is 2.48 bits per heavy atom. The molecule has 118 valence electrons. The molecule has 23 heavy (non-hydrogen) atoms. The highest BCUT2D eigenvalue weighted by molar-refractivity contribution is 5.94. The van der Waals surface area contributed by atoms with Gasteiger partial charge in [-0.25, -0.2) is 0 Å². The number of methoxy groups -OCH3 is 1. The van der Waals surface area contributed by atoms with Crippen molar-refractivity contribution in [3.8, 4) is 17.6 Å². The first kappa shape index (κ1) is 16.4. The molecule has 0 aliphatic heterocycles. The van der Waals surface area contributed by atoms with Crippen molar-refractivity contribution >= 4 is 11.6 Å². The number of ether oxygens (including phenoxy) is 1. The van der Waals surface area contributed by atoms with Crippen molar-refractivity contribution in [2.24, 2.45) is 0 Å². The first-order valence-electron chi connectivity index (χ1n) is 7.29. The van der Waals surface area contributed by atoms with E-state index in [0.717, 1.165) is 17.0 Å². The Morgan fingerprint density at radius 2 is 1.83 bits per heavy atom. The summed E-state index contributed by atoms with van der Waals surface area (Å²) in [4.78, 5) is 14.0. The van der Waals surface area contributed by atoms with Crippen LogP contribution in [0.4, 0.5) is 5.69 Å². The van der Waals surface area contributed by atoms with Crippen LogP contribution < -0.4 is 15.0 Å². The Bertz CT molecular complexity index is 725. The van der Waals surface area contributed by atoms with Gasteiger partial charge in [0.25, 0.3) is 5.91 Å². The number of amides is 1. The quantitative estimate of drug-likeness (QED) is 0.883. The van der Waals surface area contributed by atoms with E-state index in [1.807, 2.05) is 55.4 Å². The van der Waals surface area contributed by atoms with Crippen molar-refractivity contribution < 1.29 is 9.53 Å². The minimum Gasteiger partial charge on any atom is -0.495 e. The molecule has 4 nitrogen and oxygen atoms in total. The molecule has 0 atom stereocenters. The Kier molecular flexibility index (Phi) is 5.65. The van der Waals surface area contributed by atoms with Crippen LogP contribution in [0, 0.1) is 11.8 Å². The molecule has 0 aliphatic rings. The largest absolute Gasteiger partial charge is 0.495 e. The van der Waals surface area contributed by atoms with Crippen molar-refractivity contribution in [3.05, 3.63) is 59.7 Å². The van der Waals surface area contributed by atoms with Crippen LogP contribution in [0.3, 0.4) is 0 Å². The van der Waals surface area contributed by atoms with E-state index in [-0.39, 0.29) is 12.5 Å². The van der Waals surface area contributed by atoms with Crippen LogP contribution in [0.5, 0.6) is 5.75 Å². The number of carbonyl (C=O) groups is 1. The molecule has 0 saturated heterocycles. The zero-order chi connectivity index (χ0) is 16.7. The number of rotatable bonds is 4. The van der Waals surface area contributed by atoms with Crippen molar-refractivity contribution in [2.45, 2.75) is 0 Å². The Balaban J connectivity index is 1.94. The maximum atomic E-state index is 12.0. The molecule has 1 amide bonds. The summed E-state index contributed by atoms with van der Waals surface area (Å²) in [6.07, 6.45) is 0. The summed E-state index contributed by atoms with van der Waals surface area (Å²) in [5.41, 5.74) is 2.48. The SMILES string of the molecule is COc1ccccc1C#CCNC(=O)c1ccc(N(C)C)cc1. The van der Waals surface area contributed by atoms with Gasteiger partial charge >= 0.3 is 0 Å². The summed E-state index contributed by atoms with van der Waals surface area (Å²) in [5, 5.41) is 2.79. The highest BCUT2D eigenvalue weighted by atomic mass is 16.5. The fourth-order valence-corrected chi connectivity index (χ4v) is 2.02. The summed E-state index contributed by atoms with van der Waals surface area (Å²) in [6.45, 7) is 0.284. The second-order valence-electron chi connectivity index (χ2n) is 5.13. The zero-order valence-electron chi connectivity index (χ0n) is 13.6. The topological polar surface area (TPSA) is 41.6 Å². The van der Waals surface area contributed by atoms with Gasteiger partial charge in [0.1, 0.15) is 5.75 Å². The molecule has 2 aromatic rings. The van der Waals surface area contributed by atoms with Gasteiger partial charge in [-0.3, -0.25) is 4.79 Å². The molecule has 0 aliphatic carbocycles. The first-order valence-corrected chi connectivity index (χ1v) is 7.29. The number of benzene rings is 2. The van der Waals surface area contributed by atoms with Gasteiger partial charge in [-0.15, -0.1) is 0 Å². The molecule has 0 unspecified atom stereocenters. The van der Waals surface area contributed by atoms with Crippen LogP contribution in [0.1, 0.15) is 15.9 Å². The van der Waals surface area contributed by atoms with E-state index in [0.29, 0.717) is 5.56 Å². The molecule has 2 rings (SSSR count). The van der Waals surface area contributed by atoms with E-state index < -0.39 is 0 Å². The Morgan fingerprint density at radius 1 is 1.13 bits per heavy atom.